The Hall–Kier alpha value is -3.79. The molecular formula is C18H13N3O4. The third kappa shape index (κ3) is 5.11. The molecule has 0 radical (unpaired) electrons. The quantitative estimate of drug-likeness (QED) is 0.475. The predicted molar refractivity (Wildman–Crippen MR) is 89.9 cm³/mol. The average Bonchev–Trinajstić information content (AvgIpc) is 2.67. The molecule has 2 aromatic rings. The Morgan fingerprint density at radius 2 is 1.28 bits per heavy atom. The second kappa shape index (κ2) is 8.74. The number of benzene rings is 2. The highest BCUT2D eigenvalue weighted by Crippen LogP contribution is 2.03. The predicted octanol–water partition coefficient (Wildman–Crippen LogP) is 2.96. The van der Waals surface area contributed by atoms with Crippen molar-refractivity contribution in [2.24, 2.45) is 10.3 Å². The minimum Gasteiger partial charge on any atom is -0.312 e. The molecule has 0 aliphatic heterocycles. The van der Waals surface area contributed by atoms with Crippen molar-refractivity contribution in [3.63, 3.8) is 0 Å². The van der Waals surface area contributed by atoms with Crippen molar-refractivity contribution in [1.82, 2.24) is 0 Å². The number of rotatable bonds is 5. The fourth-order valence-electron chi connectivity index (χ4n) is 1.66. The van der Waals surface area contributed by atoms with Crippen LogP contribution in [0.4, 0.5) is 0 Å². The van der Waals surface area contributed by atoms with Crippen molar-refractivity contribution in [3.05, 3.63) is 71.8 Å². The Labute approximate surface area is 143 Å². The summed E-state index contributed by atoms with van der Waals surface area (Å²) >= 11 is 0. The van der Waals surface area contributed by atoms with E-state index < -0.39 is 11.9 Å². The number of hydrogen-bond donors (Lipinski definition) is 0. The van der Waals surface area contributed by atoms with E-state index >= 15 is 0 Å². The number of nitriles is 1. The minimum atomic E-state index is -0.720. The van der Waals surface area contributed by atoms with Gasteiger partial charge in [-0.2, -0.15) is 5.26 Å². The molecule has 0 amide bonds. The van der Waals surface area contributed by atoms with Crippen molar-refractivity contribution in [3.8, 4) is 6.07 Å². The molecule has 124 valence electrons. The second-order valence-electron chi connectivity index (χ2n) is 4.72. The zero-order valence-corrected chi connectivity index (χ0v) is 13.2. The van der Waals surface area contributed by atoms with Crippen LogP contribution in [0.15, 0.2) is 71.0 Å². The maximum atomic E-state index is 11.8. The summed E-state index contributed by atoms with van der Waals surface area (Å²) in [5, 5.41) is 16.1. The molecular weight excluding hydrogens is 322 g/mol. The first kappa shape index (κ1) is 17.6. The molecule has 0 atom stereocenters. The first-order chi connectivity index (χ1) is 12.1. The van der Waals surface area contributed by atoms with Gasteiger partial charge in [-0.3, -0.25) is 0 Å². The Morgan fingerprint density at radius 3 is 1.72 bits per heavy atom. The maximum Gasteiger partial charge on any atom is 0.365 e. The van der Waals surface area contributed by atoms with Crippen LogP contribution in [0.25, 0.3) is 0 Å². The van der Waals surface area contributed by atoms with E-state index in [4.69, 9.17) is 14.9 Å². The molecule has 7 nitrogen and oxygen atoms in total. The summed E-state index contributed by atoms with van der Waals surface area (Å²) in [5.41, 5.74) is 0.302. The summed E-state index contributed by atoms with van der Waals surface area (Å²) < 4.78 is 0. The van der Waals surface area contributed by atoms with E-state index in [0.717, 1.165) is 0 Å². The summed E-state index contributed by atoms with van der Waals surface area (Å²) in [6.45, 7) is 1.40. The molecule has 0 unspecified atom stereocenters. The standard InChI is InChI=1S/C18H13N3O4/c1-13(20-24-17(22)14-8-4-2-5-9-14)16(12-19)21-25-18(23)15-10-6-3-7-11-15/h2-11H,1H3/b20-13-,21-16-. The van der Waals surface area contributed by atoms with E-state index in [-0.39, 0.29) is 17.0 Å². The lowest BCUT2D eigenvalue weighted by atomic mass is 10.2. The van der Waals surface area contributed by atoms with Crippen LogP contribution in [-0.4, -0.2) is 23.4 Å². The second-order valence-corrected chi connectivity index (χ2v) is 4.72. The monoisotopic (exact) mass is 335 g/mol. The third-order valence-electron chi connectivity index (χ3n) is 2.95. The maximum absolute atomic E-state index is 11.8. The van der Waals surface area contributed by atoms with Crippen LogP contribution >= 0.6 is 0 Å². The van der Waals surface area contributed by atoms with Gasteiger partial charge >= 0.3 is 11.9 Å². The molecule has 0 heterocycles. The molecule has 2 aromatic carbocycles. The van der Waals surface area contributed by atoms with Gasteiger partial charge in [-0.1, -0.05) is 46.7 Å². The molecule has 0 aliphatic rings. The molecule has 25 heavy (non-hydrogen) atoms. The fraction of sp³-hybridized carbons (Fsp3) is 0.0556. The number of carbonyl (C=O) groups excluding carboxylic acids is 2. The van der Waals surface area contributed by atoms with Gasteiger partial charge in [0.05, 0.1) is 11.1 Å². The molecule has 7 heteroatoms. The summed E-state index contributed by atoms with van der Waals surface area (Å²) in [6.07, 6.45) is 0. The first-order valence-corrected chi connectivity index (χ1v) is 7.17. The molecule has 0 aliphatic carbocycles. The van der Waals surface area contributed by atoms with E-state index in [0.29, 0.717) is 5.56 Å². The van der Waals surface area contributed by atoms with Gasteiger partial charge in [0.15, 0.2) is 0 Å². The Balaban J connectivity index is 2.02. The van der Waals surface area contributed by atoms with Crippen LogP contribution in [0, 0.1) is 11.3 Å². The Bertz CT molecular complexity index is 853. The van der Waals surface area contributed by atoms with Crippen molar-refractivity contribution in [2.45, 2.75) is 6.92 Å². The topological polar surface area (TPSA) is 101 Å². The molecule has 0 spiro atoms. The Kier molecular flexibility index (Phi) is 6.14. The lowest BCUT2D eigenvalue weighted by molar-refractivity contribution is 0.0502. The normalized spacial score (nSPS) is 11.4. The van der Waals surface area contributed by atoms with Gasteiger partial charge in [0.2, 0.25) is 5.71 Å². The number of carbonyl (C=O) groups is 2. The number of oxime groups is 2. The smallest absolute Gasteiger partial charge is 0.312 e. The molecule has 0 saturated heterocycles. The highest BCUT2D eigenvalue weighted by atomic mass is 16.7. The van der Waals surface area contributed by atoms with Gasteiger partial charge < -0.3 is 9.68 Å². The third-order valence-corrected chi connectivity index (χ3v) is 2.95. The van der Waals surface area contributed by atoms with Crippen LogP contribution in [-0.2, 0) is 9.68 Å². The van der Waals surface area contributed by atoms with E-state index in [1.807, 2.05) is 0 Å². The fourth-order valence-corrected chi connectivity index (χ4v) is 1.66. The number of hydrogen-bond acceptors (Lipinski definition) is 7. The van der Waals surface area contributed by atoms with Crippen molar-refractivity contribution in [2.75, 3.05) is 0 Å². The molecule has 0 N–H and O–H groups in total. The SMILES string of the molecule is CC(=N/OC(=O)c1ccccc1)/C(C#N)=N\OC(=O)c1ccccc1. The van der Waals surface area contributed by atoms with Gasteiger partial charge in [0.1, 0.15) is 11.8 Å². The first-order valence-electron chi connectivity index (χ1n) is 7.17. The van der Waals surface area contributed by atoms with Gasteiger partial charge in [-0.15, -0.1) is 0 Å². The van der Waals surface area contributed by atoms with E-state index in [2.05, 4.69) is 10.3 Å². The van der Waals surface area contributed by atoms with Gasteiger partial charge in [-0.05, 0) is 31.2 Å². The lowest BCUT2D eigenvalue weighted by Gasteiger charge is -2.00. The number of nitrogens with zero attached hydrogens (tertiary/aromatic N) is 3. The van der Waals surface area contributed by atoms with Crippen LogP contribution < -0.4 is 0 Å². The van der Waals surface area contributed by atoms with E-state index in [1.54, 1.807) is 66.7 Å². The average molecular weight is 335 g/mol. The van der Waals surface area contributed by atoms with Gasteiger partial charge in [0.25, 0.3) is 0 Å². The van der Waals surface area contributed by atoms with Crippen LogP contribution in [0.3, 0.4) is 0 Å². The molecule has 2 rings (SSSR count). The van der Waals surface area contributed by atoms with E-state index in [1.165, 1.54) is 6.92 Å². The van der Waals surface area contributed by atoms with Crippen molar-refractivity contribution < 1.29 is 19.3 Å². The molecule has 0 saturated carbocycles. The van der Waals surface area contributed by atoms with Crippen LogP contribution in [0.1, 0.15) is 27.6 Å². The zero-order valence-electron chi connectivity index (χ0n) is 13.2. The Morgan fingerprint density at radius 1 is 0.840 bits per heavy atom. The zero-order chi connectivity index (χ0) is 18.1. The van der Waals surface area contributed by atoms with E-state index in [9.17, 15) is 9.59 Å². The molecule has 0 bridgehead atoms. The summed E-state index contributed by atoms with van der Waals surface area (Å²) in [5.74, 6) is -1.40. The van der Waals surface area contributed by atoms with Crippen molar-refractivity contribution in [1.29, 1.82) is 5.26 Å². The van der Waals surface area contributed by atoms with Crippen LogP contribution in [0.5, 0.6) is 0 Å². The van der Waals surface area contributed by atoms with Crippen molar-refractivity contribution >= 4 is 23.4 Å². The van der Waals surface area contributed by atoms with Gasteiger partial charge in [0, 0.05) is 0 Å². The summed E-state index contributed by atoms with van der Waals surface area (Å²) in [7, 11) is 0. The molecule has 0 fully saturated rings. The molecule has 0 aromatic heterocycles. The summed E-state index contributed by atoms with van der Waals surface area (Å²) in [6, 6.07) is 18.1. The largest absolute Gasteiger partial charge is 0.365 e. The summed E-state index contributed by atoms with van der Waals surface area (Å²) in [4.78, 5) is 33.0. The van der Waals surface area contributed by atoms with Gasteiger partial charge in [-0.25, -0.2) is 9.59 Å². The highest BCUT2D eigenvalue weighted by molar-refractivity contribution is 6.47. The highest BCUT2D eigenvalue weighted by Gasteiger charge is 2.11. The van der Waals surface area contributed by atoms with Crippen LogP contribution in [0.2, 0.25) is 0 Å². The minimum absolute atomic E-state index is 0.00681. The lowest BCUT2D eigenvalue weighted by Crippen LogP contribution is -2.12.